The van der Waals surface area contributed by atoms with E-state index in [2.05, 4.69) is 5.32 Å². The molecule has 0 saturated carbocycles. The molecule has 3 atom stereocenters. The molecular weight excluding hydrogens is 304 g/mol. The normalized spacial score (nSPS) is 29.3. The summed E-state index contributed by atoms with van der Waals surface area (Å²) in [6.45, 7) is 5.33. The number of nitrogens with one attached hydrogen (secondary N) is 1. The molecule has 0 aromatic carbocycles. The molecule has 6 nitrogen and oxygen atoms in total. The van der Waals surface area contributed by atoms with Crippen molar-refractivity contribution in [1.29, 1.82) is 0 Å². The van der Waals surface area contributed by atoms with E-state index in [0.29, 0.717) is 12.8 Å². The summed E-state index contributed by atoms with van der Waals surface area (Å²) in [5, 5.41) is 2.70. The summed E-state index contributed by atoms with van der Waals surface area (Å²) in [7, 11) is 0. The predicted octanol–water partition coefficient (Wildman–Crippen LogP) is 1.92. The molecule has 2 amide bonds. The van der Waals surface area contributed by atoms with E-state index >= 15 is 0 Å². The number of carbonyl (C=O) groups excluding carboxylic acids is 3. The van der Waals surface area contributed by atoms with Gasteiger partial charge in [-0.05, 0) is 52.2 Å². The van der Waals surface area contributed by atoms with Gasteiger partial charge in [0.25, 0.3) is 0 Å². The first-order valence-corrected chi connectivity index (χ1v) is 8.75. The number of rotatable bonds is 2. The number of fused-ring (bicyclic) bond motifs is 1. The van der Waals surface area contributed by atoms with Crippen LogP contribution in [0.15, 0.2) is 0 Å². The molecule has 124 valence electrons. The minimum absolute atomic E-state index is 0.0434. The minimum atomic E-state index is -0.618. The van der Waals surface area contributed by atoms with Gasteiger partial charge in [-0.25, -0.2) is 4.79 Å². The Bertz CT molecular complexity index is 449. The van der Waals surface area contributed by atoms with E-state index in [1.165, 1.54) is 0 Å². The summed E-state index contributed by atoms with van der Waals surface area (Å²) in [6.07, 6.45) is 3.37. The van der Waals surface area contributed by atoms with Gasteiger partial charge in [0.05, 0.1) is 11.4 Å². The fourth-order valence-corrected chi connectivity index (χ4v) is 4.20. The van der Waals surface area contributed by atoms with E-state index in [1.54, 1.807) is 37.4 Å². The first-order valence-electron chi connectivity index (χ1n) is 7.70. The second-order valence-corrected chi connectivity index (χ2v) is 7.98. The first kappa shape index (κ1) is 17.1. The van der Waals surface area contributed by atoms with Crippen LogP contribution in [-0.2, 0) is 14.3 Å². The van der Waals surface area contributed by atoms with Crippen molar-refractivity contribution in [3.63, 3.8) is 0 Å². The van der Waals surface area contributed by atoms with Gasteiger partial charge in [-0.15, -0.1) is 11.8 Å². The maximum absolute atomic E-state index is 12.7. The van der Waals surface area contributed by atoms with Gasteiger partial charge in [-0.2, -0.15) is 0 Å². The fourth-order valence-electron chi connectivity index (χ4n) is 2.81. The van der Waals surface area contributed by atoms with Crippen LogP contribution < -0.4 is 5.32 Å². The van der Waals surface area contributed by atoms with Gasteiger partial charge in [-0.1, -0.05) is 0 Å². The quantitative estimate of drug-likeness (QED) is 0.784. The van der Waals surface area contributed by atoms with E-state index < -0.39 is 17.7 Å². The largest absolute Gasteiger partial charge is 0.444 e. The summed E-state index contributed by atoms with van der Waals surface area (Å²) >= 11 is 1.69. The van der Waals surface area contributed by atoms with Crippen molar-refractivity contribution in [1.82, 2.24) is 10.2 Å². The molecule has 2 rings (SSSR count). The Morgan fingerprint density at radius 1 is 1.36 bits per heavy atom. The van der Waals surface area contributed by atoms with Crippen LogP contribution in [0.25, 0.3) is 0 Å². The van der Waals surface area contributed by atoms with Gasteiger partial charge < -0.3 is 19.7 Å². The molecule has 0 aromatic rings. The maximum Gasteiger partial charge on any atom is 0.408 e. The second-order valence-electron chi connectivity index (χ2n) is 6.69. The Hall–Kier alpha value is -1.24. The van der Waals surface area contributed by atoms with E-state index in [1.807, 2.05) is 0 Å². The lowest BCUT2D eigenvalue weighted by molar-refractivity contribution is -0.140. The number of piperidine rings is 1. The minimum Gasteiger partial charge on any atom is -0.444 e. The van der Waals surface area contributed by atoms with E-state index in [9.17, 15) is 14.4 Å². The topological polar surface area (TPSA) is 75.7 Å². The highest BCUT2D eigenvalue weighted by Gasteiger charge is 2.40. The Morgan fingerprint density at radius 3 is 2.73 bits per heavy atom. The Morgan fingerprint density at radius 2 is 2.09 bits per heavy atom. The highest BCUT2D eigenvalue weighted by atomic mass is 32.2. The number of aldehydes is 1. The van der Waals surface area contributed by atoms with Crippen LogP contribution in [0.2, 0.25) is 0 Å². The molecule has 2 fully saturated rings. The Kier molecular flexibility index (Phi) is 5.36. The smallest absolute Gasteiger partial charge is 0.408 e. The second kappa shape index (κ2) is 6.89. The van der Waals surface area contributed by atoms with E-state index in [4.69, 9.17) is 4.74 Å². The molecular formula is C15H24N2O4S. The van der Waals surface area contributed by atoms with Crippen molar-refractivity contribution < 1.29 is 19.1 Å². The van der Waals surface area contributed by atoms with E-state index in [-0.39, 0.29) is 17.3 Å². The van der Waals surface area contributed by atoms with Crippen LogP contribution in [0.4, 0.5) is 4.79 Å². The van der Waals surface area contributed by atoms with Crippen LogP contribution >= 0.6 is 11.8 Å². The molecule has 0 spiro atoms. The van der Waals surface area contributed by atoms with Crippen LogP contribution in [0.1, 0.15) is 46.5 Å². The van der Waals surface area contributed by atoms with Gasteiger partial charge in [-0.3, -0.25) is 4.79 Å². The number of ether oxygens (including phenoxy) is 1. The van der Waals surface area contributed by atoms with E-state index in [0.717, 1.165) is 24.9 Å². The number of alkyl carbamates (subject to hydrolysis) is 1. The average molecular weight is 328 g/mol. The zero-order chi connectivity index (χ0) is 16.3. The number of amides is 2. The van der Waals surface area contributed by atoms with Crippen molar-refractivity contribution in [3.05, 3.63) is 0 Å². The van der Waals surface area contributed by atoms with Crippen LogP contribution in [0.5, 0.6) is 0 Å². The van der Waals surface area contributed by atoms with Crippen molar-refractivity contribution in [3.8, 4) is 0 Å². The highest BCUT2D eigenvalue weighted by molar-refractivity contribution is 7.99. The third-order valence-electron chi connectivity index (χ3n) is 3.74. The Labute approximate surface area is 135 Å². The number of nitrogens with zero attached hydrogens (tertiary/aromatic N) is 1. The monoisotopic (exact) mass is 328 g/mol. The maximum atomic E-state index is 12.7. The number of hydrogen-bond donors (Lipinski definition) is 1. The molecule has 7 heteroatoms. The van der Waals surface area contributed by atoms with Crippen LogP contribution in [0, 0.1) is 0 Å². The Balaban J connectivity index is 2.07. The molecule has 0 radical (unpaired) electrons. The lowest BCUT2D eigenvalue weighted by Gasteiger charge is -2.39. The summed E-state index contributed by atoms with van der Waals surface area (Å²) in [4.78, 5) is 37.6. The molecule has 1 unspecified atom stereocenters. The molecule has 2 aliphatic heterocycles. The van der Waals surface area contributed by atoms with Gasteiger partial charge in [0.2, 0.25) is 5.91 Å². The zero-order valence-electron chi connectivity index (χ0n) is 13.3. The summed E-state index contributed by atoms with van der Waals surface area (Å²) in [6, 6.07) is -0.993. The molecule has 1 N–H and O–H groups in total. The van der Waals surface area contributed by atoms with Crippen molar-refractivity contribution >= 4 is 30.0 Å². The lowest BCUT2D eigenvalue weighted by Crippen LogP contribution is -2.55. The molecule has 2 saturated heterocycles. The third kappa shape index (κ3) is 4.15. The first-order chi connectivity index (χ1) is 10.3. The van der Waals surface area contributed by atoms with Gasteiger partial charge >= 0.3 is 6.09 Å². The standard InChI is InChI=1S/C15H24N2O4S/c1-15(2,3)21-14(20)16-11-7-8-22-12-6-4-5-10(9-18)17(12)13(11)19/h9-12H,4-8H2,1-3H3,(H,16,20)/t10-,11-,12?/m0/s1. The van der Waals surface area contributed by atoms with Crippen LogP contribution in [-0.4, -0.2) is 52.0 Å². The molecule has 0 bridgehead atoms. The lowest BCUT2D eigenvalue weighted by atomic mass is 10.0. The van der Waals surface area contributed by atoms with Gasteiger partial charge in [0.15, 0.2) is 0 Å². The molecule has 2 heterocycles. The summed E-state index contributed by atoms with van der Waals surface area (Å²) in [5.74, 6) is 0.608. The van der Waals surface area contributed by atoms with Crippen molar-refractivity contribution in [2.45, 2.75) is 69.5 Å². The predicted molar refractivity (Wildman–Crippen MR) is 84.6 cm³/mol. The fraction of sp³-hybridized carbons (Fsp3) is 0.800. The molecule has 0 aromatic heterocycles. The van der Waals surface area contributed by atoms with Crippen molar-refractivity contribution in [2.75, 3.05) is 5.75 Å². The molecule has 2 aliphatic rings. The average Bonchev–Trinajstić information content (AvgIpc) is 2.57. The number of hydrogen-bond acceptors (Lipinski definition) is 5. The molecule has 0 aliphatic carbocycles. The molecule has 22 heavy (non-hydrogen) atoms. The number of carbonyl (C=O) groups is 3. The van der Waals surface area contributed by atoms with Gasteiger partial charge in [0, 0.05) is 0 Å². The number of thioether (sulfide) groups is 1. The third-order valence-corrected chi connectivity index (χ3v) is 5.05. The SMILES string of the molecule is CC(C)(C)OC(=O)N[C@H]1CCSC2CCC[C@@H](C=O)N2C1=O. The van der Waals surface area contributed by atoms with Crippen LogP contribution in [0.3, 0.4) is 0 Å². The highest BCUT2D eigenvalue weighted by Crippen LogP contribution is 2.33. The zero-order valence-corrected chi connectivity index (χ0v) is 14.1. The summed E-state index contributed by atoms with van der Waals surface area (Å²) in [5.41, 5.74) is -0.606. The van der Waals surface area contributed by atoms with Gasteiger partial charge in [0.1, 0.15) is 17.9 Å². The summed E-state index contributed by atoms with van der Waals surface area (Å²) < 4.78 is 5.22. The van der Waals surface area contributed by atoms with Crippen molar-refractivity contribution in [2.24, 2.45) is 0 Å².